The predicted octanol–water partition coefficient (Wildman–Crippen LogP) is 4.46. The minimum absolute atomic E-state index is 0.0748. The maximum Gasteiger partial charge on any atom is 0.251 e. The first kappa shape index (κ1) is 19.4. The van der Waals surface area contributed by atoms with Gasteiger partial charge in [0, 0.05) is 11.7 Å². The second kappa shape index (κ2) is 8.19. The molecule has 4 nitrogen and oxygen atoms in total. The smallest absolute Gasteiger partial charge is 0.251 e. The van der Waals surface area contributed by atoms with E-state index >= 15 is 0 Å². The molecule has 0 bridgehead atoms. The van der Waals surface area contributed by atoms with Crippen LogP contribution in [0.25, 0.3) is 6.08 Å². The predicted molar refractivity (Wildman–Crippen MR) is 112 cm³/mol. The van der Waals surface area contributed by atoms with Crippen LogP contribution in [0.4, 0.5) is 10.1 Å². The Balaban J connectivity index is 1.67. The van der Waals surface area contributed by atoms with Crippen molar-refractivity contribution in [2.75, 3.05) is 4.90 Å². The highest BCUT2D eigenvalue weighted by Crippen LogP contribution is 2.39. The summed E-state index contributed by atoms with van der Waals surface area (Å²) in [5.74, 6) is -0.816. The number of nitrogens with zero attached hydrogens (tertiary/aromatic N) is 1. The third kappa shape index (κ3) is 3.95. The van der Waals surface area contributed by atoms with E-state index in [1.807, 2.05) is 36.4 Å². The topological polar surface area (TPSA) is 49.4 Å². The van der Waals surface area contributed by atoms with Crippen LogP contribution in [-0.2, 0) is 9.59 Å². The van der Waals surface area contributed by atoms with Gasteiger partial charge >= 0.3 is 0 Å². The number of rotatable bonds is 5. The second-order valence-corrected chi connectivity index (χ2v) is 7.86. The zero-order valence-electron chi connectivity index (χ0n) is 16.3. The zero-order chi connectivity index (χ0) is 20.3. The van der Waals surface area contributed by atoms with Crippen LogP contribution in [0.1, 0.15) is 44.1 Å². The molecule has 0 spiro atoms. The molecule has 1 atom stereocenters. The van der Waals surface area contributed by atoms with Crippen LogP contribution in [0.2, 0.25) is 0 Å². The first-order valence-corrected chi connectivity index (χ1v) is 10.2. The molecule has 1 aliphatic carbocycles. The Morgan fingerprint density at radius 3 is 2.52 bits per heavy atom. The van der Waals surface area contributed by atoms with E-state index in [0.29, 0.717) is 5.69 Å². The number of hydrogen-bond acceptors (Lipinski definition) is 2. The van der Waals surface area contributed by atoms with Gasteiger partial charge in [-0.25, -0.2) is 4.39 Å². The molecule has 2 aromatic carbocycles. The maximum absolute atomic E-state index is 13.8. The lowest BCUT2D eigenvalue weighted by Crippen LogP contribution is -2.70. The van der Waals surface area contributed by atoms with E-state index in [1.54, 1.807) is 18.2 Å². The lowest BCUT2D eigenvalue weighted by Gasteiger charge is -2.49. The van der Waals surface area contributed by atoms with E-state index < -0.39 is 11.4 Å². The molecular formula is C24H25FN2O2. The number of anilines is 1. The van der Waals surface area contributed by atoms with Gasteiger partial charge in [0.15, 0.2) is 5.54 Å². The van der Waals surface area contributed by atoms with Gasteiger partial charge in [-0.05, 0) is 42.7 Å². The molecule has 29 heavy (non-hydrogen) atoms. The Kier molecular flexibility index (Phi) is 5.47. The molecule has 4 rings (SSSR count). The average molecular weight is 392 g/mol. The molecule has 2 fully saturated rings. The van der Waals surface area contributed by atoms with E-state index in [0.717, 1.165) is 31.2 Å². The number of benzene rings is 2. The lowest BCUT2D eigenvalue weighted by atomic mass is 9.80. The Labute approximate surface area is 170 Å². The number of carbonyl (C=O) groups is 2. The average Bonchev–Trinajstić information content (AvgIpc) is 2.72. The van der Waals surface area contributed by atoms with Crippen molar-refractivity contribution in [3.05, 3.63) is 72.1 Å². The monoisotopic (exact) mass is 392 g/mol. The summed E-state index contributed by atoms with van der Waals surface area (Å²) in [5.41, 5.74) is 0.201. The number of carbonyl (C=O) groups excluding carboxylic acids is 2. The van der Waals surface area contributed by atoms with Crippen LogP contribution < -0.4 is 10.2 Å². The van der Waals surface area contributed by atoms with Crippen LogP contribution in [0.15, 0.2) is 60.7 Å². The molecule has 1 aliphatic heterocycles. The van der Waals surface area contributed by atoms with Gasteiger partial charge < -0.3 is 5.32 Å². The van der Waals surface area contributed by atoms with Crippen LogP contribution in [0, 0.1) is 5.82 Å². The van der Waals surface area contributed by atoms with E-state index in [9.17, 15) is 14.0 Å². The van der Waals surface area contributed by atoms with Crippen LogP contribution >= 0.6 is 0 Å². The molecule has 2 aromatic rings. The Morgan fingerprint density at radius 1 is 1.07 bits per heavy atom. The van der Waals surface area contributed by atoms with Gasteiger partial charge in [-0.2, -0.15) is 0 Å². The van der Waals surface area contributed by atoms with Gasteiger partial charge in [-0.1, -0.05) is 61.7 Å². The number of amides is 2. The van der Waals surface area contributed by atoms with Crippen molar-refractivity contribution in [1.29, 1.82) is 0 Å². The molecule has 2 amide bonds. The summed E-state index contributed by atoms with van der Waals surface area (Å²) in [5, 5.41) is 3.15. The van der Waals surface area contributed by atoms with Gasteiger partial charge in [0.05, 0.1) is 6.42 Å². The van der Waals surface area contributed by atoms with Gasteiger partial charge in [0.2, 0.25) is 5.91 Å². The molecule has 0 radical (unpaired) electrons. The van der Waals surface area contributed by atoms with Crippen molar-refractivity contribution < 1.29 is 14.0 Å². The molecule has 5 heteroatoms. The SMILES string of the molecule is O=C1C[C@@](/C=C/c2ccccc2)(C(=O)NC2CCCCC2)N1c1cccc(F)c1. The van der Waals surface area contributed by atoms with Crippen molar-refractivity contribution in [2.45, 2.75) is 50.1 Å². The third-order valence-corrected chi connectivity index (χ3v) is 5.82. The van der Waals surface area contributed by atoms with Gasteiger partial charge in [0.1, 0.15) is 5.82 Å². The van der Waals surface area contributed by atoms with Crippen molar-refractivity contribution in [3.8, 4) is 0 Å². The van der Waals surface area contributed by atoms with E-state index in [-0.39, 0.29) is 24.3 Å². The summed E-state index contributed by atoms with van der Waals surface area (Å²) in [4.78, 5) is 27.4. The van der Waals surface area contributed by atoms with Gasteiger partial charge in [-0.15, -0.1) is 0 Å². The zero-order valence-corrected chi connectivity index (χ0v) is 16.3. The summed E-state index contributed by atoms with van der Waals surface area (Å²) >= 11 is 0. The largest absolute Gasteiger partial charge is 0.351 e. The molecule has 1 saturated carbocycles. The highest BCUT2D eigenvalue weighted by atomic mass is 19.1. The maximum atomic E-state index is 13.8. The minimum Gasteiger partial charge on any atom is -0.351 e. The molecule has 150 valence electrons. The number of hydrogen-bond donors (Lipinski definition) is 1. The number of halogens is 1. The fourth-order valence-electron chi connectivity index (χ4n) is 4.26. The second-order valence-electron chi connectivity index (χ2n) is 7.86. The fourth-order valence-corrected chi connectivity index (χ4v) is 4.26. The molecule has 0 aromatic heterocycles. The van der Waals surface area contributed by atoms with E-state index in [1.165, 1.54) is 23.5 Å². The van der Waals surface area contributed by atoms with Crippen molar-refractivity contribution in [2.24, 2.45) is 0 Å². The lowest BCUT2D eigenvalue weighted by molar-refractivity contribution is -0.137. The summed E-state index contributed by atoms with van der Waals surface area (Å²) in [6.45, 7) is 0. The molecule has 1 heterocycles. The van der Waals surface area contributed by atoms with Crippen LogP contribution in [0.5, 0.6) is 0 Å². The van der Waals surface area contributed by atoms with E-state index in [2.05, 4.69) is 5.32 Å². The Hall–Kier alpha value is -2.95. The van der Waals surface area contributed by atoms with Crippen molar-refractivity contribution in [3.63, 3.8) is 0 Å². The van der Waals surface area contributed by atoms with Crippen molar-refractivity contribution in [1.82, 2.24) is 5.32 Å². The third-order valence-electron chi connectivity index (χ3n) is 5.82. The number of nitrogens with one attached hydrogen (secondary N) is 1. The normalized spacial score (nSPS) is 22.5. The summed E-state index contributed by atoms with van der Waals surface area (Å²) < 4.78 is 13.8. The van der Waals surface area contributed by atoms with Gasteiger partial charge in [0.25, 0.3) is 5.91 Å². The standard InChI is InChI=1S/C24H25FN2O2/c25-19-10-7-13-21(16-19)27-22(28)17-24(27,15-14-18-8-3-1-4-9-18)23(29)26-20-11-5-2-6-12-20/h1,3-4,7-10,13-16,20H,2,5-6,11-12,17H2,(H,26,29)/b15-14+/t24-/m0/s1. The van der Waals surface area contributed by atoms with Crippen LogP contribution in [0.3, 0.4) is 0 Å². The highest BCUT2D eigenvalue weighted by Gasteiger charge is 2.56. The summed E-state index contributed by atoms with van der Waals surface area (Å²) in [7, 11) is 0. The minimum atomic E-state index is -1.14. The Bertz CT molecular complexity index is 921. The van der Waals surface area contributed by atoms with Crippen molar-refractivity contribution >= 4 is 23.6 Å². The molecular weight excluding hydrogens is 367 g/mol. The molecule has 1 N–H and O–H groups in total. The quantitative estimate of drug-likeness (QED) is 0.764. The Morgan fingerprint density at radius 2 is 1.83 bits per heavy atom. The molecule has 0 unspecified atom stereocenters. The summed E-state index contributed by atoms with van der Waals surface area (Å²) in [6.07, 6.45) is 9.03. The highest BCUT2D eigenvalue weighted by molar-refractivity contribution is 6.15. The molecule has 2 aliphatic rings. The first-order valence-electron chi connectivity index (χ1n) is 10.2. The van der Waals surface area contributed by atoms with E-state index in [4.69, 9.17) is 0 Å². The first-order chi connectivity index (χ1) is 14.1. The van der Waals surface area contributed by atoms with Gasteiger partial charge in [-0.3, -0.25) is 14.5 Å². The number of β-lactam (4-membered cyclic amide) rings is 1. The fraction of sp³-hybridized carbons (Fsp3) is 0.333. The summed E-state index contributed by atoms with van der Waals surface area (Å²) in [6, 6.07) is 15.6. The van der Waals surface area contributed by atoms with Crippen LogP contribution in [-0.4, -0.2) is 23.4 Å². The molecule has 1 saturated heterocycles.